The number of nitrogens with one attached hydrogen (secondary N) is 1. The number of nitrogens with two attached hydrogens (primary N) is 1. The molecule has 3 N–H and O–H groups in total. The van der Waals surface area contributed by atoms with Gasteiger partial charge in [0, 0.05) is 25.6 Å². The van der Waals surface area contributed by atoms with Crippen LogP contribution in [0.4, 0.5) is 11.6 Å². The van der Waals surface area contributed by atoms with Crippen LogP contribution in [-0.4, -0.2) is 41.0 Å². The highest BCUT2D eigenvalue weighted by molar-refractivity contribution is 5.44. The molecule has 1 rings (SSSR count). The molecule has 0 radical (unpaired) electrons. The first-order valence-electron chi connectivity index (χ1n) is 6.79. The summed E-state index contributed by atoms with van der Waals surface area (Å²) >= 11 is 0. The maximum Gasteiger partial charge on any atom is 0.132 e. The molecule has 0 saturated heterocycles. The van der Waals surface area contributed by atoms with Crippen molar-refractivity contribution in [1.29, 1.82) is 0 Å². The lowest BCUT2D eigenvalue weighted by atomic mass is 10.4. The summed E-state index contributed by atoms with van der Waals surface area (Å²) in [7, 11) is 0. The first kappa shape index (κ1) is 14.7. The normalized spacial score (nSPS) is 10.9. The van der Waals surface area contributed by atoms with Gasteiger partial charge in [-0.2, -0.15) is 0 Å². The van der Waals surface area contributed by atoms with E-state index in [1.165, 1.54) is 6.42 Å². The fourth-order valence-electron chi connectivity index (χ4n) is 1.85. The van der Waals surface area contributed by atoms with E-state index in [1.807, 2.05) is 6.92 Å². The molecule has 0 fully saturated rings. The molecule has 0 aliphatic heterocycles. The van der Waals surface area contributed by atoms with Crippen molar-refractivity contribution in [2.24, 2.45) is 0 Å². The van der Waals surface area contributed by atoms with Crippen molar-refractivity contribution in [3.05, 3.63) is 11.9 Å². The molecule has 1 aromatic rings. The van der Waals surface area contributed by atoms with Crippen LogP contribution in [0.15, 0.2) is 6.07 Å². The van der Waals surface area contributed by atoms with Crippen LogP contribution in [0.5, 0.6) is 0 Å². The lowest BCUT2D eigenvalue weighted by molar-refractivity contribution is 0.300. The van der Waals surface area contributed by atoms with Crippen LogP contribution in [0.25, 0.3) is 0 Å². The average molecular weight is 251 g/mol. The van der Waals surface area contributed by atoms with Gasteiger partial charge in [0.1, 0.15) is 17.5 Å². The molecular formula is C13H25N5. The van der Waals surface area contributed by atoms with Gasteiger partial charge in [0.2, 0.25) is 0 Å². The molecule has 0 saturated carbocycles. The summed E-state index contributed by atoms with van der Waals surface area (Å²) in [5.74, 6) is 2.15. The molecule has 0 bridgehead atoms. The van der Waals surface area contributed by atoms with E-state index < -0.39 is 0 Å². The average Bonchev–Trinajstić information content (AvgIpc) is 2.37. The van der Waals surface area contributed by atoms with Gasteiger partial charge in [-0.05, 0) is 19.5 Å². The third kappa shape index (κ3) is 4.87. The largest absolute Gasteiger partial charge is 0.384 e. The van der Waals surface area contributed by atoms with Gasteiger partial charge in [-0.1, -0.05) is 20.8 Å². The number of likely N-dealkylation sites (N-methyl/N-ethyl adjacent to an activating group) is 1. The Hall–Kier alpha value is -1.36. The zero-order valence-electron chi connectivity index (χ0n) is 11.7. The number of aromatic nitrogens is 2. The zero-order valence-corrected chi connectivity index (χ0v) is 11.7. The van der Waals surface area contributed by atoms with E-state index in [0.29, 0.717) is 5.82 Å². The van der Waals surface area contributed by atoms with Gasteiger partial charge in [0.05, 0.1) is 0 Å². The van der Waals surface area contributed by atoms with Gasteiger partial charge in [-0.3, -0.25) is 0 Å². The molecule has 1 heterocycles. The summed E-state index contributed by atoms with van der Waals surface area (Å²) in [5.41, 5.74) is 5.74. The highest BCUT2D eigenvalue weighted by atomic mass is 15.1. The van der Waals surface area contributed by atoms with Crippen molar-refractivity contribution in [2.45, 2.75) is 33.6 Å². The van der Waals surface area contributed by atoms with Crippen LogP contribution in [0.3, 0.4) is 0 Å². The summed E-state index contributed by atoms with van der Waals surface area (Å²) < 4.78 is 0. The fraction of sp³-hybridized carbons (Fsp3) is 0.692. The van der Waals surface area contributed by atoms with Crippen LogP contribution < -0.4 is 11.1 Å². The molecule has 0 amide bonds. The van der Waals surface area contributed by atoms with Crippen LogP contribution in [0.2, 0.25) is 0 Å². The van der Waals surface area contributed by atoms with E-state index in [-0.39, 0.29) is 0 Å². The van der Waals surface area contributed by atoms with E-state index in [9.17, 15) is 0 Å². The summed E-state index contributed by atoms with van der Waals surface area (Å²) in [5, 5.41) is 3.31. The number of hydrogen-bond donors (Lipinski definition) is 2. The predicted molar refractivity (Wildman–Crippen MR) is 76.7 cm³/mol. The molecule has 0 aromatic carbocycles. The van der Waals surface area contributed by atoms with E-state index >= 15 is 0 Å². The number of aryl methyl sites for hydroxylation is 1. The van der Waals surface area contributed by atoms with Gasteiger partial charge in [-0.15, -0.1) is 0 Å². The lowest BCUT2D eigenvalue weighted by Gasteiger charge is -2.19. The minimum Gasteiger partial charge on any atom is -0.384 e. The topological polar surface area (TPSA) is 67.1 Å². The molecular weight excluding hydrogens is 226 g/mol. The van der Waals surface area contributed by atoms with Crippen LogP contribution in [0, 0.1) is 0 Å². The Labute approximate surface area is 110 Å². The van der Waals surface area contributed by atoms with Gasteiger partial charge < -0.3 is 16.0 Å². The van der Waals surface area contributed by atoms with E-state index in [2.05, 4.69) is 34.0 Å². The Morgan fingerprint density at radius 3 is 2.61 bits per heavy atom. The van der Waals surface area contributed by atoms with Crippen molar-refractivity contribution < 1.29 is 0 Å². The number of hydrogen-bond acceptors (Lipinski definition) is 5. The fourth-order valence-corrected chi connectivity index (χ4v) is 1.85. The quantitative estimate of drug-likeness (QED) is 0.737. The number of rotatable bonds is 8. The Balaban J connectivity index is 2.45. The van der Waals surface area contributed by atoms with E-state index in [0.717, 1.165) is 44.2 Å². The van der Waals surface area contributed by atoms with Crippen LogP contribution in [0.1, 0.15) is 33.0 Å². The number of nitrogens with zero attached hydrogens (tertiary/aromatic N) is 3. The Morgan fingerprint density at radius 2 is 2.00 bits per heavy atom. The Kier molecular flexibility index (Phi) is 6.43. The van der Waals surface area contributed by atoms with Gasteiger partial charge in [0.25, 0.3) is 0 Å². The van der Waals surface area contributed by atoms with Crippen molar-refractivity contribution in [3.8, 4) is 0 Å². The summed E-state index contributed by atoms with van der Waals surface area (Å²) in [6, 6.07) is 1.79. The molecule has 5 heteroatoms. The number of anilines is 2. The monoisotopic (exact) mass is 251 g/mol. The molecule has 18 heavy (non-hydrogen) atoms. The lowest BCUT2D eigenvalue weighted by Crippen LogP contribution is -2.29. The first-order valence-corrected chi connectivity index (χ1v) is 6.79. The smallest absolute Gasteiger partial charge is 0.132 e. The van der Waals surface area contributed by atoms with Gasteiger partial charge in [-0.25, -0.2) is 9.97 Å². The highest BCUT2D eigenvalue weighted by Gasteiger charge is 2.03. The van der Waals surface area contributed by atoms with Crippen molar-refractivity contribution in [1.82, 2.24) is 14.9 Å². The zero-order chi connectivity index (χ0) is 13.4. The SMILES string of the molecule is CCCN(CC)CCNc1cc(N)nc(CC)n1. The highest BCUT2D eigenvalue weighted by Crippen LogP contribution is 2.08. The molecule has 0 aliphatic carbocycles. The third-order valence-corrected chi connectivity index (χ3v) is 2.83. The molecule has 0 spiro atoms. The van der Waals surface area contributed by atoms with Crippen molar-refractivity contribution in [2.75, 3.05) is 37.2 Å². The maximum absolute atomic E-state index is 5.74. The summed E-state index contributed by atoms with van der Waals surface area (Å²) in [4.78, 5) is 11.0. The van der Waals surface area contributed by atoms with Crippen molar-refractivity contribution >= 4 is 11.6 Å². The predicted octanol–water partition coefficient (Wildman–Crippen LogP) is 1.76. The third-order valence-electron chi connectivity index (χ3n) is 2.83. The molecule has 102 valence electrons. The Morgan fingerprint density at radius 1 is 1.22 bits per heavy atom. The molecule has 0 unspecified atom stereocenters. The van der Waals surface area contributed by atoms with E-state index in [4.69, 9.17) is 5.73 Å². The van der Waals surface area contributed by atoms with Gasteiger partial charge in [0.15, 0.2) is 0 Å². The molecule has 1 aromatic heterocycles. The Bertz CT molecular complexity index is 353. The van der Waals surface area contributed by atoms with Crippen LogP contribution >= 0.6 is 0 Å². The number of nitrogen functional groups attached to an aromatic ring is 1. The molecule has 5 nitrogen and oxygen atoms in total. The summed E-state index contributed by atoms with van der Waals surface area (Å²) in [6.45, 7) is 10.6. The second-order valence-electron chi connectivity index (χ2n) is 4.31. The van der Waals surface area contributed by atoms with Gasteiger partial charge >= 0.3 is 0 Å². The minimum absolute atomic E-state index is 0.533. The first-order chi connectivity index (χ1) is 8.69. The minimum atomic E-state index is 0.533. The maximum atomic E-state index is 5.74. The van der Waals surface area contributed by atoms with E-state index in [1.54, 1.807) is 6.07 Å². The second-order valence-corrected chi connectivity index (χ2v) is 4.31. The molecule has 0 aliphatic rings. The second kappa shape index (κ2) is 7.87. The van der Waals surface area contributed by atoms with Crippen LogP contribution in [-0.2, 0) is 6.42 Å². The van der Waals surface area contributed by atoms with Crippen molar-refractivity contribution in [3.63, 3.8) is 0 Å². The molecule has 0 atom stereocenters. The standard InChI is InChI=1S/C13H25N5/c1-4-8-18(6-3)9-7-15-13-10-11(14)16-12(5-2)17-13/h10H,4-9H2,1-3H3,(H3,14,15,16,17). The summed E-state index contributed by atoms with van der Waals surface area (Å²) in [6.07, 6.45) is 1.99.